The molecule has 1 fully saturated rings. The Balaban J connectivity index is 1.48. The van der Waals surface area contributed by atoms with Crippen LogP contribution in [0.1, 0.15) is 78.8 Å². The van der Waals surface area contributed by atoms with Gasteiger partial charge in [0.1, 0.15) is 0 Å². The lowest BCUT2D eigenvalue weighted by atomic mass is 9.69. The monoisotopic (exact) mass is 434 g/mol. The Kier molecular flexibility index (Phi) is 7.09. The maximum Gasteiger partial charge on any atom is 0.0242 e. The summed E-state index contributed by atoms with van der Waals surface area (Å²) in [6, 6.07) is 13.4. The second kappa shape index (κ2) is 10.0. The highest BCUT2D eigenvalue weighted by molar-refractivity contribution is 5.78. The normalized spacial score (nSPS) is 23.1. The summed E-state index contributed by atoms with van der Waals surface area (Å²) in [5.74, 6) is 5.18. The van der Waals surface area contributed by atoms with Gasteiger partial charge in [0.05, 0.1) is 0 Å². The molecule has 0 radical (unpaired) electrons. The van der Waals surface area contributed by atoms with Crippen LogP contribution in [0.2, 0.25) is 0 Å². The Labute approximate surface area is 201 Å². The van der Waals surface area contributed by atoms with E-state index < -0.39 is 0 Å². The summed E-state index contributed by atoms with van der Waals surface area (Å²) in [6.07, 6.45) is 18.8. The number of rotatable bonds is 6. The highest BCUT2D eigenvalue weighted by atomic mass is 14.4. The smallest absolute Gasteiger partial charge is 0.0242 e. The first-order chi connectivity index (χ1) is 15.9. The molecule has 0 saturated heterocycles. The predicted octanol–water partition coefficient (Wildman–Crippen LogP) is 8.58. The SMILES string of the molecule is C#Cc1ccc(CC2CCC(C(C(=C)C)c3c(C)cc(C4=CC(C)C=C4)cc3C)CC2)cc1. The van der Waals surface area contributed by atoms with Crippen molar-refractivity contribution in [2.24, 2.45) is 17.8 Å². The van der Waals surface area contributed by atoms with E-state index in [9.17, 15) is 0 Å². The van der Waals surface area contributed by atoms with Gasteiger partial charge < -0.3 is 0 Å². The van der Waals surface area contributed by atoms with Gasteiger partial charge in [-0.2, -0.15) is 0 Å². The summed E-state index contributed by atoms with van der Waals surface area (Å²) in [4.78, 5) is 0. The first-order valence-corrected chi connectivity index (χ1v) is 12.6. The van der Waals surface area contributed by atoms with E-state index in [0.717, 1.165) is 11.5 Å². The molecule has 0 aromatic heterocycles. The van der Waals surface area contributed by atoms with E-state index in [1.54, 1.807) is 0 Å². The topological polar surface area (TPSA) is 0 Å². The standard InChI is InChI=1S/C33H38/c1-7-26-9-11-27(12-10-26)21-28-13-16-29(17-14-28)32(22(2)3)33-24(5)19-31(20-25(33)6)30-15-8-23(4)18-30/h1,8-12,15,18-20,23,28-29,32H,2,13-14,16-17,21H2,3-6H3. The number of hydrogen-bond acceptors (Lipinski definition) is 0. The van der Waals surface area contributed by atoms with E-state index >= 15 is 0 Å². The summed E-state index contributed by atoms with van der Waals surface area (Å²) >= 11 is 0. The number of aryl methyl sites for hydroxylation is 2. The number of hydrogen-bond donors (Lipinski definition) is 0. The zero-order chi connectivity index (χ0) is 23.5. The van der Waals surface area contributed by atoms with Crippen LogP contribution in [0.3, 0.4) is 0 Å². The van der Waals surface area contributed by atoms with Crippen molar-refractivity contribution in [3.63, 3.8) is 0 Å². The minimum Gasteiger partial charge on any atom is -0.115 e. The van der Waals surface area contributed by atoms with E-state index in [2.05, 4.69) is 94.8 Å². The van der Waals surface area contributed by atoms with Crippen LogP contribution in [0.5, 0.6) is 0 Å². The Morgan fingerprint density at radius 3 is 2.21 bits per heavy atom. The maximum absolute atomic E-state index is 5.50. The first-order valence-electron chi connectivity index (χ1n) is 12.6. The van der Waals surface area contributed by atoms with Gasteiger partial charge in [-0.25, -0.2) is 0 Å². The molecular weight excluding hydrogens is 396 g/mol. The lowest BCUT2D eigenvalue weighted by Gasteiger charge is -2.36. The third kappa shape index (κ3) is 5.25. The van der Waals surface area contributed by atoms with Crippen molar-refractivity contribution < 1.29 is 0 Å². The van der Waals surface area contributed by atoms with E-state index in [0.29, 0.717) is 17.8 Å². The minimum atomic E-state index is 0.460. The molecule has 2 atom stereocenters. The van der Waals surface area contributed by atoms with Gasteiger partial charge in [0.2, 0.25) is 0 Å². The van der Waals surface area contributed by atoms with E-state index in [4.69, 9.17) is 6.42 Å². The van der Waals surface area contributed by atoms with Crippen molar-refractivity contribution in [1.82, 2.24) is 0 Å². The van der Waals surface area contributed by atoms with Crippen molar-refractivity contribution in [1.29, 1.82) is 0 Å². The van der Waals surface area contributed by atoms with Gasteiger partial charge in [-0.05, 0) is 116 Å². The van der Waals surface area contributed by atoms with Crippen LogP contribution in [-0.4, -0.2) is 0 Å². The molecule has 0 amide bonds. The maximum atomic E-state index is 5.50. The van der Waals surface area contributed by atoms with Crippen LogP contribution in [-0.2, 0) is 6.42 Å². The second-order valence-electron chi connectivity index (χ2n) is 10.5. The molecule has 2 aliphatic carbocycles. The Morgan fingerprint density at radius 2 is 1.70 bits per heavy atom. The highest BCUT2D eigenvalue weighted by Gasteiger charge is 2.31. The van der Waals surface area contributed by atoms with Crippen LogP contribution in [0.4, 0.5) is 0 Å². The van der Waals surface area contributed by atoms with Crippen LogP contribution < -0.4 is 0 Å². The zero-order valence-corrected chi connectivity index (χ0v) is 20.8. The molecule has 0 nitrogen and oxygen atoms in total. The van der Waals surface area contributed by atoms with E-state index in [1.807, 2.05) is 0 Å². The summed E-state index contributed by atoms with van der Waals surface area (Å²) in [5.41, 5.74) is 10.8. The lowest BCUT2D eigenvalue weighted by Crippen LogP contribution is -2.23. The van der Waals surface area contributed by atoms with Gasteiger partial charge in [0, 0.05) is 11.5 Å². The van der Waals surface area contributed by atoms with E-state index in [-0.39, 0.29) is 0 Å². The summed E-state index contributed by atoms with van der Waals surface area (Å²) in [5, 5.41) is 0. The number of benzene rings is 2. The van der Waals surface area contributed by atoms with Crippen molar-refractivity contribution >= 4 is 5.57 Å². The average Bonchev–Trinajstić information content (AvgIpc) is 3.23. The van der Waals surface area contributed by atoms with Crippen molar-refractivity contribution in [2.75, 3.05) is 0 Å². The Bertz CT molecular complexity index is 1080. The molecule has 2 unspecified atom stereocenters. The number of allylic oxidation sites excluding steroid dienone is 5. The largest absolute Gasteiger partial charge is 0.115 e. The third-order valence-corrected chi connectivity index (χ3v) is 7.80. The van der Waals surface area contributed by atoms with Crippen molar-refractivity contribution in [3.8, 4) is 12.3 Å². The first kappa shape index (κ1) is 23.4. The molecular formula is C33H38. The fourth-order valence-electron chi connectivity index (χ4n) is 6.15. The Hall–Kier alpha value is -2.78. The quantitative estimate of drug-likeness (QED) is 0.315. The Morgan fingerprint density at radius 1 is 1.06 bits per heavy atom. The molecule has 0 spiro atoms. The molecule has 2 aromatic carbocycles. The van der Waals surface area contributed by atoms with Crippen LogP contribution in [0.15, 0.2) is 66.8 Å². The molecule has 2 aliphatic rings. The van der Waals surface area contributed by atoms with Crippen LogP contribution in [0.25, 0.3) is 5.57 Å². The van der Waals surface area contributed by atoms with Gasteiger partial charge in [0.15, 0.2) is 0 Å². The molecule has 0 heteroatoms. The molecule has 0 aliphatic heterocycles. The van der Waals surface area contributed by atoms with Crippen LogP contribution in [0, 0.1) is 43.9 Å². The van der Waals surface area contributed by atoms with Gasteiger partial charge in [-0.1, -0.05) is 67.5 Å². The molecule has 0 heterocycles. The van der Waals surface area contributed by atoms with Crippen molar-refractivity contribution in [3.05, 3.63) is 100 Å². The van der Waals surface area contributed by atoms with Gasteiger partial charge in [0.25, 0.3) is 0 Å². The fraction of sp³-hybridized carbons (Fsp3) is 0.394. The lowest BCUT2D eigenvalue weighted by molar-refractivity contribution is 0.253. The van der Waals surface area contributed by atoms with Gasteiger partial charge in [-0.15, -0.1) is 6.42 Å². The van der Waals surface area contributed by atoms with E-state index in [1.165, 1.54) is 71.1 Å². The van der Waals surface area contributed by atoms with Gasteiger partial charge in [-0.3, -0.25) is 0 Å². The predicted molar refractivity (Wildman–Crippen MR) is 143 cm³/mol. The molecule has 0 N–H and O–H groups in total. The summed E-state index contributed by atoms with van der Waals surface area (Å²) in [7, 11) is 0. The number of terminal acetylenes is 1. The van der Waals surface area contributed by atoms with Crippen LogP contribution >= 0.6 is 0 Å². The van der Waals surface area contributed by atoms with Crippen molar-refractivity contribution in [2.45, 2.75) is 65.7 Å². The summed E-state index contributed by atoms with van der Waals surface area (Å²) in [6.45, 7) is 13.6. The molecule has 1 saturated carbocycles. The highest BCUT2D eigenvalue weighted by Crippen LogP contribution is 2.44. The van der Waals surface area contributed by atoms with Gasteiger partial charge >= 0.3 is 0 Å². The summed E-state index contributed by atoms with van der Waals surface area (Å²) < 4.78 is 0. The minimum absolute atomic E-state index is 0.460. The fourth-order valence-corrected chi connectivity index (χ4v) is 6.15. The third-order valence-electron chi connectivity index (χ3n) is 7.80. The molecule has 170 valence electrons. The molecule has 0 bridgehead atoms. The average molecular weight is 435 g/mol. The molecule has 33 heavy (non-hydrogen) atoms. The second-order valence-corrected chi connectivity index (χ2v) is 10.5. The molecule has 2 aromatic rings. The zero-order valence-electron chi connectivity index (χ0n) is 20.8. The molecule has 4 rings (SSSR count).